The molecule has 1 N–H and O–H groups in total. The molecule has 4 rings (SSSR count). The van der Waals surface area contributed by atoms with Crippen LogP contribution in [0.1, 0.15) is 25.8 Å². The van der Waals surface area contributed by atoms with Crippen LogP contribution in [0.25, 0.3) is 21.8 Å². The van der Waals surface area contributed by atoms with Gasteiger partial charge in [0.2, 0.25) is 5.28 Å². The Balaban J connectivity index is 1.76. The number of rotatable bonds is 5. The Morgan fingerprint density at radius 1 is 1.03 bits per heavy atom. The topological polar surface area (TPSA) is 50.7 Å². The fraction of sp³-hybridized carbons (Fsp3) is 0.174. The second kappa shape index (κ2) is 9.32. The smallest absolute Gasteiger partial charge is 0.222 e. The highest BCUT2D eigenvalue weighted by molar-refractivity contribution is 8.00. The van der Waals surface area contributed by atoms with Gasteiger partial charge in [-0.2, -0.15) is 0 Å². The third kappa shape index (κ3) is 5.15. The van der Waals surface area contributed by atoms with Crippen LogP contribution in [0.4, 0.5) is 18.9 Å². The molecular weight excluding hydrogens is 489 g/mol. The van der Waals surface area contributed by atoms with Crippen LogP contribution in [0.15, 0.2) is 53.6 Å². The average molecular weight is 507 g/mol. The van der Waals surface area contributed by atoms with Gasteiger partial charge in [0.15, 0.2) is 5.82 Å². The fourth-order valence-electron chi connectivity index (χ4n) is 2.92. The van der Waals surface area contributed by atoms with Gasteiger partial charge in [-0.15, -0.1) is 11.3 Å². The van der Waals surface area contributed by atoms with E-state index in [2.05, 4.69) is 14.7 Å². The number of nitrogens with zero attached hydrogens (tertiary/aromatic N) is 3. The Hall–Kier alpha value is -2.62. The van der Waals surface area contributed by atoms with Crippen molar-refractivity contribution in [1.82, 2.24) is 15.0 Å². The molecule has 0 saturated heterocycles. The molecule has 2 heterocycles. The summed E-state index contributed by atoms with van der Waals surface area (Å²) in [7, 11) is 0. The van der Waals surface area contributed by atoms with E-state index in [9.17, 15) is 8.78 Å². The molecule has 10 heteroatoms. The molecule has 4 nitrogen and oxygen atoms in total. The molecule has 0 aliphatic rings. The molecule has 2 aromatic heterocycles. The number of hydrogen-bond donors (Lipinski definition) is 1. The first-order valence-corrected chi connectivity index (χ1v) is 11.8. The lowest BCUT2D eigenvalue weighted by atomic mass is 9.98. The SMILES string of the molecule is CC(C)(C)c1nc(-c2cccc(NSc3cc(F)ccc3F)c2F)c(-c2ccnc(Cl)n2)s1. The molecule has 0 unspecified atom stereocenters. The van der Waals surface area contributed by atoms with Crippen LogP contribution in [-0.2, 0) is 5.41 Å². The lowest BCUT2D eigenvalue weighted by Gasteiger charge is -2.13. The van der Waals surface area contributed by atoms with Crippen LogP contribution in [0.3, 0.4) is 0 Å². The van der Waals surface area contributed by atoms with Crippen LogP contribution < -0.4 is 4.72 Å². The predicted octanol–water partition coefficient (Wildman–Crippen LogP) is 7.75. The minimum atomic E-state index is -0.609. The molecule has 0 aliphatic heterocycles. The van der Waals surface area contributed by atoms with Gasteiger partial charge in [0.05, 0.1) is 31.9 Å². The monoisotopic (exact) mass is 506 g/mol. The maximum absolute atomic E-state index is 15.6. The number of hydrogen-bond acceptors (Lipinski definition) is 6. The van der Waals surface area contributed by atoms with E-state index in [0.717, 1.165) is 35.2 Å². The van der Waals surface area contributed by atoms with E-state index < -0.39 is 17.5 Å². The summed E-state index contributed by atoms with van der Waals surface area (Å²) >= 11 is 8.18. The van der Waals surface area contributed by atoms with E-state index in [1.807, 2.05) is 20.8 Å². The van der Waals surface area contributed by atoms with Crippen molar-refractivity contribution in [2.24, 2.45) is 0 Å². The van der Waals surface area contributed by atoms with Crippen molar-refractivity contribution in [3.63, 3.8) is 0 Å². The third-order valence-electron chi connectivity index (χ3n) is 4.55. The summed E-state index contributed by atoms with van der Waals surface area (Å²) < 4.78 is 45.8. The summed E-state index contributed by atoms with van der Waals surface area (Å²) in [5.41, 5.74) is 1.04. The average Bonchev–Trinajstić information content (AvgIpc) is 3.21. The first-order valence-electron chi connectivity index (χ1n) is 9.80. The standard InChI is InChI=1S/C23H18ClF3N4S2/c1-23(2,3)21-30-19(20(32-21)16-9-10-28-22(24)29-16)13-5-4-6-15(18(13)27)31-33-17-11-12(25)7-8-14(17)26/h4-11,31H,1-3H3. The van der Waals surface area contributed by atoms with Gasteiger partial charge in [0, 0.05) is 17.2 Å². The van der Waals surface area contributed by atoms with E-state index in [4.69, 9.17) is 16.6 Å². The Kier molecular flexibility index (Phi) is 6.65. The van der Waals surface area contributed by atoms with E-state index in [-0.39, 0.29) is 26.8 Å². The summed E-state index contributed by atoms with van der Waals surface area (Å²) in [6.45, 7) is 6.06. The zero-order chi connectivity index (χ0) is 23.8. The molecule has 0 saturated carbocycles. The predicted molar refractivity (Wildman–Crippen MR) is 128 cm³/mol. The molecule has 0 aliphatic carbocycles. The second-order valence-electron chi connectivity index (χ2n) is 8.10. The Morgan fingerprint density at radius 2 is 1.82 bits per heavy atom. The van der Waals surface area contributed by atoms with Crippen molar-refractivity contribution >= 4 is 40.6 Å². The van der Waals surface area contributed by atoms with Crippen LogP contribution in [0, 0.1) is 17.5 Å². The Bertz CT molecular complexity index is 1320. The van der Waals surface area contributed by atoms with Gasteiger partial charge in [-0.1, -0.05) is 26.8 Å². The highest BCUT2D eigenvalue weighted by Gasteiger charge is 2.26. The van der Waals surface area contributed by atoms with E-state index in [1.165, 1.54) is 23.6 Å². The fourth-order valence-corrected chi connectivity index (χ4v) is 4.89. The molecule has 0 radical (unpaired) electrons. The van der Waals surface area contributed by atoms with Gasteiger partial charge in [0.1, 0.15) is 11.6 Å². The summed E-state index contributed by atoms with van der Waals surface area (Å²) in [6, 6.07) is 9.57. The molecule has 170 valence electrons. The van der Waals surface area contributed by atoms with Crippen molar-refractivity contribution in [3.8, 4) is 21.8 Å². The molecule has 2 aromatic carbocycles. The minimum Gasteiger partial charge on any atom is -0.323 e. The Labute approximate surface area is 202 Å². The maximum atomic E-state index is 15.6. The largest absolute Gasteiger partial charge is 0.323 e. The van der Waals surface area contributed by atoms with Gasteiger partial charge >= 0.3 is 0 Å². The summed E-state index contributed by atoms with van der Waals surface area (Å²) in [4.78, 5) is 13.6. The van der Waals surface area contributed by atoms with Crippen molar-refractivity contribution in [2.45, 2.75) is 31.1 Å². The lowest BCUT2D eigenvalue weighted by Crippen LogP contribution is -2.10. The summed E-state index contributed by atoms with van der Waals surface area (Å²) in [5, 5.41) is 0.879. The minimum absolute atomic E-state index is 0.0137. The zero-order valence-electron chi connectivity index (χ0n) is 17.8. The maximum Gasteiger partial charge on any atom is 0.222 e. The van der Waals surface area contributed by atoms with E-state index >= 15 is 4.39 Å². The second-order valence-corrected chi connectivity index (χ2v) is 10.3. The number of nitrogens with one attached hydrogen (secondary N) is 1. The molecule has 33 heavy (non-hydrogen) atoms. The van der Waals surface area contributed by atoms with Gasteiger partial charge in [-0.3, -0.25) is 0 Å². The number of anilines is 1. The molecule has 0 spiro atoms. The highest BCUT2D eigenvalue weighted by Crippen LogP contribution is 2.42. The third-order valence-corrected chi connectivity index (χ3v) is 7.09. The number of aromatic nitrogens is 3. The quantitative estimate of drug-likeness (QED) is 0.221. The summed E-state index contributed by atoms with van der Waals surface area (Å²) in [6.07, 6.45) is 1.53. The Morgan fingerprint density at radius 3 is 2.55 bits per heavy atom. The molecule has 0 atom stereocenters. The normalized spacial score (nSPS) is 11.6. The van der Waals surface area contributed by atoms with E-state index in [1.54, 1.807) is 18.2 Å². The van der Waals surface area contributed by atoms with Crippen molar-refractivity contribution in [1.29, 1.82) is 0 Å². The molecule has 0 fully saturated rings. The van der Waals surface area contributed by atoms with Crippen LogP contribution >= 0.6 is 34.9 Å². The van der Waals surface area contributed by atoms with Crippen molar-refractivity contribution in [3.05, 3.63) is 76.4 Å². The molecule has 0 bridgehead atoms. The number of thiazole rings is 1. The van der Waals surface area contributed by atoms with Crippen LogP contribution in [-0.4, -0.2) is 15.0 Å². The van der Waals surface area contributed by atoms with Gasteiger partial charge < -0.3 is 4.72 Å². The van der Waals surface area contributed by atoms with Gasteiger partial charge in [-0.25, -0.2) is 28.1 Å². The van der Waals surface area contributed by atoms with Crippen LogP contribution in [0.5, 0.6) is 0 Å². The highest BCUT2D eigenvalue weighted by atomic mass is 35.5. The van der Waals surface area contributed by atoms with Gasteiger partial charge in [-0.05, 0) is 59.9 Å². The molecular formula is C23H18ClF3N4S2. The lowest BCUT2D eigenvalue weighted by molar-refractivity contribution is 0.577. The van der Waals surface area contributed by atoms with Crippen LogP contribution in [0.2, 0.25) is 5.28 Å². The molecule has 0 amide bonds. The molecule has 4 aromatic rings. The number of benzene rings is 2. The van der Waals surface area contributed by atoms with Gasteiger partial charge in [0.25, 0.3) is 0 Å². The first kappa shape index (κ1) is 23.5. The zero-order valence-corrected chi connectivity index (χ0v) is 20.2. The number of halogens is 4. The van der Waals surface area contributed by atoms with Crippen molar-refractivity contribution < 1.29 is 13.2 Å². The summed E-state index contributed by atoms with van der Waals surface area (Å²) in [5.74, 6) is -1.77. The van der Waals surface area contributed by atoms with Crippen molar-refractivity contribution in [2.75, 3.05) is 4.72 Å². The van der Waals surface area contributed by atoms with E-state index in [0.29, 0.717) is 16.3 Å². The first-order chi connectivity index (χ1) is 15.6.